The summed E-state index contributed by atoms with van der Waals surface area (Å²) in [6.07, 6.45) is 2.05. The molecule has 0 aliphatic carbocycles. The Balaban J connectivity index is 2.12. The summed E-state index contributed by atoms with van der Waals surface area (Å²) in [5, 5.41) is 3.14. The zero-order valence-corrected chi connectivity index (χ0v) is 11.2. The summed E-state index contributed by atoms with van der Waals surface area (Å²) >= 11 is 0. The van der Waals surface area contributed by atoms with Gasteiger partial charge in [-0.1, -0.05) is 0 Å². The summed E-state index contributed by atoms with van der Waals surface area (Å²) in [6, 6.07) is 4.13. The highest BCUT2D eigenvalue weighted by atomic mass is 16.6. The van der Waals surface area contributed by atoms with E-state index in [9.17, 15) is 0 Å². The minimum absolute atomic E-state index is 0.0641. The number of benzene rings is 1. The molecule has 1 aromatic carbocycles. The topological polar surface area (TPSA) is 56.5 Å². The lowest BCUT2D eigenvalue weighted by molar-refractivity contribution is 0.171. The molecule has 0 aromatic heterocycles. The fourth-order valence-corrected chi connectivity index (χ4v) is 2.26. The van der Waals surface area contributed by atoms with Gasteiger partial charge in [0.15, 0.2) is 11.5 Å². The lowest BCUT2D eigenvalue weighted by Gasteiger charge is -2.22. The highest BCUT2D eigenvalue weighted by molar-refractivity contribution is 5.48. The first-order valence-corrected chi connectivity index (χ1v) is 6.52. The van der Waals surface area contributed by atoms with Crippen molar-refractivity contribution in [2.24, 2.45) is 5.73 Å². The molecule has 2 rings (SSSR count). The number of ether oxygens (including phenoxy) is 2. The second-order valence-electron chi connectivity index (χ2n) is 4.70. The molecule has 1 unspecified atom stereocenters. The Bertz CT molecular complexity index is 407. The minimum atomic E-state index is 0.0641. The van der Waals surface area contributed by atoms with E-state index < -0.39 is 0 Å². The molecule has 0 amide bonds. The third-order valence-electron chi connectivity index (χ3n) is 3.27. The first-order valence-electron chi connectivity index (χ1n) is 6.52. The van der Waals surface area contributed by atoms with Crippen LogP contribution in [-0.2, 0) is 0 Å². The molecule has 0 spiro atoms. The molecule has 4 nitrogen and oxygen atoms in total. The van der Waals surface area contributed by atoms with E-state index in [2.05, 4.69) is 12.2 Å². The van der Waals surface area contributed by atoms with Crippen LogP contribution in [0.4, 0.5) is 0 Å². The Hall–Kier alpha value is -1.26. The van der Waals surface area contributed by atoms with Crippen molar-refractivity contribution in [2.75, 3.05) is 26.8 Å². The van der Waals surface area contributed by atoms with Crippen LogP contribution in [0.2, 0.25) is 0 Å². The zero-order chi connectivity index (χ0) is 13.0. The van der Waals surface area contributed by atoms with Gasteiger partial charge >= 0.3 is 0 Å². The van der Waals surface area contributed by atoms with Crippen LogP contribution >= 0.6 is 0 Å². The zero-order valence-electron chi connectivity index (χ0n) is 11.2. The molecule has 0 radical (unpaired) electrons. The van der Waals surface area contributed by atoms with E-state index in [4.69, 9.17) is 15.2 Å². The quantitative estimate of drug-likeness (QED) is 0.782. The summed E-state index contributed by atoms with van der Waals surface area (Å²) in [6.45, 7) is 4.31. The summed E-state index contributed by atoms with van der Waals surface area (Å²) in [5.74, 6) is 1.66. The van der Waals surface area contributed by atoms with E-state index in [1.54, 1.807) is 0 Å². The Morgan fingerprint density at radius 1 is 1.28 bits per heavy atom. The predicted octanol–water partition coefficient (Wildman–Crippen LogP) is 1.77. The Labute approximate surface area is 108 Å². The SMILES string of the molecule is CNCCCC(N)c1cc2c(cc1C)OCCO2. The molecule has 1 aliphatic rings. The van der Waals surface area contributed by atoms with Crippen LogP contribution in [-0.4, -0.2) is 26.8 Å². The van der Waals surface area contributed by atoms with E-state index in [1.807, 2.05) is 19.2 Å². The van der Waals surface area contributed by atoms with Crippen molar-refractivity contribution in [3.05, 3.63) is 23.3 Å². The number of aryl methyl sites for hydroxylation is 1. The molecule has 100 valence electrons. The number of nitrogens with one attached hydrogen (secondary N) is 1. The lowest BCUT2D eigenvalue weighted by Crippen LogP contribution is -2.18. The number of rotatable bonds is 5. The van der Waals surface area contributed by atoms with Crippen molar-refractivity contribution in [2.45, 2.75) is 25.8 Å². The molecular weight excluding hydrogens is 228 g/mol. The number of fused-ring (bicyclic) bond motifs is 1. The van der Waals surface area contributed by atoms with E-state index in [-0.39, 0.29) is 6.04 Å². The largest absolute Gasteiger partial charge is 0.486 e. The normalized spacial score (nSPS) is 15.5. The highest BCUT2D eigenvalue weighted by Crippen LogP contribution is 2.35. The maximum Gasteiger partial charge on any atom is 0.161 e. The monoisotopic (exact) mass is 250 g/mol. The van der Waals surface area contributed by atoms with Gasteiger partial charge in [-0.3, -0.25) is 0 Å². The average Bonchev–Trinajstić information content (AvgIpc) is 2.38. The van der Waals surface area contributed by atoms with Gasteiger partial charge in [0.25, 0.3) is 0 Å². The van der Waals surface area contributed by atoms with Crippen LogP contribution in [0.5, 0.6) is 11.5 Å². The van der Waals surface area contributed by atoms with Crippen molar-refractivity contribution in [1.82, 2.24) is 5.32 Å². The number of hydrogen-bond donors (Lipinski definition) is 2. The lowest BCUT2D eigenvalue weighted by atomic mass is 9.97. The van der Waals surface area contributed by atoms with Gasteiger partial charge in [0, 0.05) is 6.04 Å². The summed E-state index contributed by atoms with van der Waals surface area (Å²) in [4.78, 5) is 0. The first kappa shape index (κ1) is 13.2. The van der Waals surface area contributed by atoms with Crippen LogP contribution in [0.3, 0.4) is 0 Å². The predicted molar refractivity (Wildman–Crippen MR) is 72.3 cm³/mol. The van der Waals surface area contributed by atoms with Crippen LogP contribution < -0.4 is 20.5 Å². The second kappa shape index (κ2) is 6.07. The number of nitrogens with two attached hydrogens (primary N) is 1. The third-order valence-corrected chi connectivity index (χ3v) is 3.27. The van der Waals surface area contributed by atoms with Crippen LogP contribution in [0.25, 0.3) is 0 Å². The second-order valence-corrected chi connectivity index (χ2v) is 4.70. The molecule has 0 bridgehead atoms. The Morgan fingerprint density at radius 2 is 1.94 bits per heavy atom. The molecule has 0 fully saturated rings. The summed E-state index contributed by atoms with van der Waals surface area (Å²) in [5.41, 5.74) is 8.59. The van der Waals surface area contributed by atoms with Crippen LogP contribution in [0.1, 0.15) is 30.0 Å². The van der Waals surface area contributed by atoms with E-state index in [0.717, 1.165) is 36.4 Å². The Kier molecular flexibility index (Phi) is 4.44. The van der Waals surface area contributed by atoms with E-state index in [0.29, 0.717) is 13.2 Å². The average molecular weight is 250 g/mol. The minimum Gasteiger partial charge on any atom is -0.486 e. The molecule has 4 heteroatoms. The van der Waals surface area contributed by atoms with Gasteiger partial charge in [0.2, 0.25) is 0 Å². The van der Waals surface area contributed by atoms with Crippen molar-refractivity contribution in [1.29, 1.82) is 0 Å². The molecule has 1 atom stereocenters. The molecule has 0 saturated heterocycles. The van der Waals surface area contributed by atoms with Gasteiger partial charge in [0.1, 0.15) is 13.2 Å². The van der Waals surface area contributed by atoms with Crippen molar-refractivity contribution in [3.8, 4) is 11.5 Å². The molecule has 0 saturated carbocycles. The molecule has 3 N–H and O–H groups in total. The number of hydrogen-bond acceptors (Lipinski definition) is 4. The van der Waals surface area contributed by atoms with Crippen LogP contribution in [0.15, 0.2) is 12.1 Å². The fraction of sp³-hybridized carbons (Fsp3) is 0.571. The van der Waals surface area contributed by atoms with Gasteiger partial charge in [-0.15, -0.1) is 0 Å². The maximum absolute atomic E-state index is 6.25. The molecule has 1 aliphatic heterocycles. The molecule has 1 aromatic rings. The van der Waals surface area contributed by atoms with E-state index >= 15 is 0 Å². The van der Waals surface area contributed by atoms with Crippen LogP contribution in [0, 0.1) is 6.92 Å². The maximum atomic E-state index is 6.25. The van der Waals surface area contributed by atoms with Gasteiger partial charge in [-0.2, -0.15) is 0 Å². The molecule has 1 heterocycles. The van der Waals surface area contributed by atoms with Gasteiger partial charge < -0.3 is 20.5 Å². The van der Waals surface area contributed by atoms with E-state index in [1.165, 1.54) is 5.56 Å². The fourth-order valence-electron chi connectivity index (χ4n) is 2.26. The Morgan fingerprint density at radius 3 is 2.61 bits per heavy atom. The van der Waals surface area contributed by atoms with Gasteiger partial charge in [0.05, 0.1) is 0 Å². The first-order chi connectivity index (χ1) is 8.72. The summed E-state index contributed by atoms with van der Waals surface area (Å²) < 4.78 is 11.2. The van der Waals surface area contributed by atoms with Crippen molar-refractivity contribution < 1.29 is 9.47 Å². The highest BCUT2D eigenvalue weighted by Gasteiger charge is 2.17. The van der Waals surface area contributed by atoms with Crippen molar-refractivity contribution in [3.63, 3.8) is 0 Å². The smallest absolute Gasteiger partial charge is 0.161 e. The third kappa shape index (κ3) is 2.94. The molecule has 18 heavy (non-hydrogen) atoms. The van der Waals surface area contributed by atoms with Gasteiger partial charge in [-0.25, -0.2) is 0 Å². The summed E-state index contributed by atoms with van der Waals surface area (Å²) in [7, 11) is 1.96. The standard InChI is InChI=1S/C14H22N2O2/c1-10-8-13-14(18-7-6-17-13)9-11(10)12(15)4-3-5-16-2/h8-9,12,16H,3-7,15H2,1-2H3. The van der Waals surface area contributed by atoms with Gasteiger partial charge in [-0.05, 0) is 56.6 Å². The van der Waals surface area contributed by atoms with Crippen molar-refractivity contribution >= 4 is 0 Å². The molecular formula is C14H22N2O2.